The molecule has 0 aromatic heterocycles. The van der Waals surface area contributed by atoms with Gasteiger partial charge in [0, 0.05) is 31.4 Å². The number of ether oxygens (including phenoxy) is 1. The summed E-state index contributed by atoms with van der Waals surface area (Å²) in [6, 6.07) is 4.67. The summed E-state index contributed by atoms with van der Waals surface area (Å²) in [6.07, 6.45) is -0.472. The molecule has 1 unspecified atom stereocenters. The van der Waals surface area contributed by atoms with Crippen molar-refractivity contribution in [3.8, 4) is 5.75 Å². The van der Waals surface area contributed by atoms with Crippen LogP contribution >= 0.6 is 0 Å². The minimum Gasteiger partial charge on any atom is -0.487 e. The molecule has 0 aliphatic carbocycles. The molecule has 1 atom stereocenters. The minimum atomic E-state index is -0.472. The lowest BCUT2D eigenvalue weighted by atomic mass is 10.2. The Morgan fingerprint density at radius 1 is 1.56 bits per heavy atom. The third-order valence-corrected chi connectivity index (χ3v) is 2.42. The summed E-state index contributed by atoms with van der Waals surface area (Å²) >= 11 is 0. The van der Waals surface area contributed by atoms with Crippen LogP contribution < -0.4 is 9.64 Å². The maximum Gasteiger partial charge on any atom is 0.311 e. The summed E-state index contributed by atoms with van der Waals surface area (Å²) in [4.78, 5) is 12.2. The van der Waals surface area contributed by atoms with Gasteiger partial charge in [-0.3, -0.25) is 10.1 Å². The quantitative estimate of drug-likeness (QED) is 0.619. The topological polar surface area (TPSA) is 75.8 Å². The zero-order valence-corrected chi connectivity index (χ0v) is 10.8. The fourth-order valence-corrected chi connectivity index (χ4v) is 1.66. The predicted molar refractivity (Wildman–Crippen MR) is 69.2 cm³/mol. The zero-order chi connectivity index (χ0) is 13.7. The lowest BCUT2D eigenvalue weighted by molar-refractivity contribution is -0.385. The second-order valence-electron chi connectivity index (χ2n) is 4.07. The third-order valence-electron chi connectivity index (χ3n) is 2.42. The van der Waals surface area contributed by atoms with Crippen LogP contribution in [0.1, 0.15) is 13.8 Å². The number of nitrogens with zero attached hydrogens (tertiary/aromatic N) is 2. The molecule has 18 heavy (non-hydrogen) atoms. The van der Waals surface area contributed by atoms with Crippen molar-refractivity contribution in [1.29, 1.82) is 0 Å². The van der Waals surface area contributed by atoms with Crippen molar-refractivity contribution in [1.82, 2.24) is 0 Å². The van der Waals surface area contributed by atoms with E-state index in [1.165, 1.54) is 6.07 Å². The van der Waals surface area contributed by atoms with Gasteiger partial charge in [-0.1, -0.05) is 0 Å². The molecular weight excluding hydrogens is 236 g/mol. The molecule has 0 saturated carbocycles. The molecule has 0 fully saturated rings. The molecule has 1 N–H and O–H groups in total. The van der Waals surface area contributed by atoms with Gasteiger partial charge in [-0.25, -0.2) is 0 Å². The molecule has 0 spiro atoms. The average molecular weight is 254 g/mol. The largest absolute Gasteiger partial charge is 0.487 e. The maximum atomic E-state index is 10.8. The molecule has 1 rings (SSSR count). The van der Waals surface area contributed by atoms with Crippen LogP contribution in [-0.2, 0) is 0 Å². The number of likely N-dealkylation sites (N-methyl/N-ethyl adjacent to an activating group) is 1. The molecule has 0 heterocycles. The molecular formula is C12H18N2O4. The number of aliphatic hydroxyl groups is 1. The van der Waals surface area contributed by atoms with Gasteiger partial charge in [-0.05, 0) is 19.9 Å². The van der Waals surface area contributed by atoms with Crippen molar-refractivity contribution >= 4 is 11.4 Å². The van der Waals surface area contributed by atoms with E-state index >= 15 is 0 Å². The SMILES string of the molecule is CCOc1cc(N(C)CC(C)O)ccc1[N+](=O)[O-]. The second-order valence-corrected chi connectivity index (χ2v) is 4.07. The highest BCUT2D eigenvalue weighted by molar-refractivity contribution is 5.59. The number of anilines is 1. The van der Waals surface area contributed by atoms with Crippen molar-refractivity contribution in [2.24, 2.45) is 0 Å². The number of hydrogen-bond acceptors (Lipinski definition) is 5. The number of aliphatic hydroxyl groups excluding tert-OH is 1. The van der Waals surface area contributed by atoms with Gasteiger partial charge in [0.05, 0.1) is 17.6 Å². The maximum absolute atomic E-state index is 10.8. The Labute approximate surface area is 106 Å². The first-order chi connectivity index (χ1) is 8.45. The number of benzene rings is 1. The second kappa shape index (κ2) is 6.20. The number of nitro benzene ring substituents is 1. The highest BCUT2D eigenvalue weighted by Gasteiger charge is 2.16. The van der Waals surface area contributed by atoms with Crippen molar-refractivity contribution < 1.29 is 14.8 Å². The van der Waals surface area contributed by atoms with Gasteiger partial charge < -0.3 is 14.7 Å². The summed E-state index contributed by atoms with van der Waals surface area (Å²) in [6.45, 7) is 4.27. The molecule has 100 valence electrons. The van der Waals surface area contributed by atoms with E-state index in [0.29, 0.717) is 13.2 Å². The molecule has 0 amide bonds. The molecule has 0 bridgehead atoms. The van der Waals surface area contributed by atoms with Gasteiger partial charge in [-0.15, -0.1) is 0 Å². The smallest absolute Gasteiger partial charge is 0.311 e. The monoisotopic (exact) mass is 254 g/mol. The van der Waals surface area contributed by atoms with E-state index in [1.807, 2.05) is 11.9 Å². The molecule has 0 radical (unpaired) electrons. The molecule has 0 aliphatic rings. The highest BCUT2D eigenvalue weighted by Crippen LogP contribution is 2.31. The Morgan fingerprint density at radius 3 is 2.72 bits per heavy atom. The van der Waals surface area contributed by atoms with Crippen molar-refractivity contribution in [2.45, 2.75) is 20.0 Å². The summed E-state index contributed by atoms with van der Waals surface area (Å²) in [5.41, 5.74) is 0.719. The molecule has 1 aromatic carbocycles. The van der Waals surface area contributed by atoms with Crippen molar-refractivity contribution in [2.75, 3.05) is 25.1 Å². The van der Waals surface area contributed by atoms with E-state index in [-0.39, 0.29) is 11.4 Å². The van der Waals surface area contributed by atoms with Gasteiger partial charge in [0.2, 0.25) is 0 Å². The van der Waals surface area contributed by atoms with E-state index in [0.717, 1.165) is 5.69 Å². The fraction of sp³-hybridized carbons (Fsp3) is 0.500. The van der Waals surface area contributed by atoms with Gasteiger partial charge in [0.1, 0.15) is 0 Å². The Morgan fingerprint density at radius 2 is 2.22 bits per heavy atom. The predicted octanol–water partition coefficient (Wildman–Crippen LogP) is 1.81. The normalized spacial score (nSPS) is 12.0. The van der Waals surface area contributed by atoms with Crippen LogP contribution in [0.5, 0.6) is 5.75 Å². The van der Waals surface area contributed by atoms with Gasteiger partial charge in [-0.2, -0.15) is 0 Å². The zero-order valence-electron chi connectivity index (χ0n) is 10.8. The Balaban J connectivity index is 3.02. The minimum absolute atomic E-state index is 0.0500. The summed E-state index contributed by atoms with van der Waals surface area (Å²) in [5.74, 6) is 0.248. The van der Waals surface area contributed by atoms with Crippen LogP contribution in [0.3, 0.4) is 0 Å². The van der Waals surface area contributed by atoms with Crippen LogP contribution in [0.15, 0.2) is 18.2 Å². The average Bonchev–Trinajstić information content (AvgIpc) is 2.28. The van der Waals surface area contributed by atoms with Crippen LogP contribution in [-0.4, -0.2) is 36.3 Å². The Hall–Kier alpha value is -1.82. The molecule has 0 aliphatic heterocycles. The third kappa shape index (κ3) is 3.59. The molecule has 6 heteroatoms. The standard InChI is InChI=1S/C12H18N2O4/c1-4-18-12-7-10(13(3)8-9(2)15)5-6-11(12)14(16)17/h5-7,9,15H,4,8H2,1-3H3. The Kier molecular flexibility index (Phi) is 4.91. The van der Waals surface area contributed by atoms with Crippen LogP contribution in [0.4, 0.5) is 11.4 Å². The Bertz CT molecular complexity index is 421. The van der Waals surface area contributed by atoms with Crippen molar-refractivity contribution in [3.63, 3.8) is 0 Å². The van der Waals surface area contributed by atoms with E-state index in [1.54, 1.807) is 26.0 Å². The summed E-state index contributed by atoms with van der Waals surface area (Å²) in [5, 5.41) is 20.1. The van der Waals surface area contributed by atoms with Crippen molar-refractivity contribution in [3.05, 3.63) is 28.3 Å². The molecule has 0 saturated heterocycles. The number of nitro groups is 1. The van der Waals surface area contributed by atoms with E-state index in [4.69, 9.17) is 4.74 Å². The van der Waals surface area contributed by atoms with Crippen LogP contribution in [0.25, 0.3) is 0 Å². The summed E-state index contributed by atoms with van der Waals surface area (Å²) < 4.78 is 5.26. The first kappa shape index (κ1) is 14.2. The first-order valence-electron chi connectivity index (χ1n) is 5.76. The lowest BCUT2D eigenvalue weighted by Crippen LogP contribution is -2.26. The number of hydrogen-bond donors (Lipinski definition) is 1. The van der Waals surface area contributed by atoms with E-state index < -0.39 is 11.0 Å². The molecule has 1 aromatic rings. The van der Waals surface area contributed by atoms with Crippen LogP contribution in [0, 0.1) is 10.1 Å². The van der Waals surface area contributed by atoms with Gasteiger partial charge >= 0.3 is 5.69 Å². The first-order valence-corrected chi connectivity index (χ1v) is 5.76. The lowest BCUT2D eigenvalue weighted by Gasteiger charge is -2.21. The fourth-order valence-electron chi connectivity index (χ4n) is 1.66. The highest BCUT2D eigenvalue weighted by atomic mass is 16.6. The van der Waals surface area contributed by atoms with E-state index in [9.17, 15) is 15.2 Å². The van der Waals surface area contributed by atoms with Gasteiger partial charge in [0.25, 0.3) is 0 Å². The van der Waals surface area contributed by atoms with Gasteiger partial charge in [0.15, 0.2) is 5.75 Å². The van der Waals surface area contributed by atoms with E-state index in [2.05, 4.69) is 0 Å². The number of rotatable bonds is 6. The van der Waals surface area contributed by atoms with Crippen LogP contribution in [0.2, 0.25) is 0 Å². The molecule has 6 nitrogen and oxygen atoms in total. The summed E-state index contributed by atoms with van der Waals surface area (Å²) in [7, 11) is 1.81.